The van der Waals surface area contributed by atoms with Crippen molar-refractivity contribution in [3.05, 3.63) is 65.5 Å². The van der Waals surface area contributed by atoms with Crippen molar-refractivity contribution < 1.29 is 17.6 Å². The molecule has 0 unspecified atom stereocenters. The Kier molecular flexibility index (Phi) is 6.84. The lowest BCUT2D eigenvalue weighted by Crippen LogP contribution is -2.36. The molecule has 2 aromatic rings. The highest BCUT2D eigenvalue weighted by Crippen LogP contribution is 2.09. The van der Waals surface area contributed by atoms with Gasteiger partial charge in [-0.2, -0.15) is 0 Å². The summed E-state index contributed by atoms with van der Waals surface area (Å²) in [6.07, 6.45) is 0.563. The van der Waals surface area contributed by atoms with Crippen LogP contribution < -0.4 is 10.5 Å². The molecular formula is C18H22FN3O3S. The number of sulfonamides is 1. The molecule has 0 atom stereocenters. The van der Waals surface area contributed by atoms with Gasteiger partial charge in [0.25, 0.3) is 0 Å². The Balaban J connectivity index is 1.75. The van der Waals surface area contributed by atoms with Gasteiger partial charge in [-0.15, -0.1) is 0 Å². The maximum Gasteiger partial charge on any atom is 0.238 e. The molecule has 0 aliphatic heterocycles. The van der Waals surface area contributed by atoms with E-state index in [2.05, 4.69) is 5.32 Å². The summed E-state index contributed by atoms with van der Waals surface area (Å²) in [7, 11) is -1.95. The van der Waals surface area contributed by atoms with E-state index in [-0.39, 0.29) is 23.2 Å². The largest absolute Gasteiger partial charge is 0.355 e. The Morgan fingerprint density at radius 1 is 1.15 bits per heavy atom. The molecule has 0 spiro atoms. The molecular weight excluding hydrogens is 357 g/mol. The SMILES string of the molecule is CN(CC(=O)NCCc1ccc(S(N)(=O)=O)cc1)Cc1ccccc1F. The average molecular weight is 379 g/mol. The van der Waals surface area contributed by atoms with Gasteiger partial charge in [-0.05, 0) is 37.2 Å². The van der Waals surface area contributed by atoms with Gasteiger partial charge < -0.3 is 5.32 Å². The third-order valence-corrected chi connectivity index (χ3v) is 4.73. The Hall–Kier alpha value is -2.29. The minimum atomic E-state index is -3.70. The third kappa shape index (κ3) is 6.21. The Labute approximate surface area is 152 Å². The number of carbonyl (C=O) groups excluding carboxylic acids is 1. The van der Waals surface area contributed by atoms with E-state index in [1.807, 2.05) is 0 Å². The molecule has 0 bridgehead atoms. The molecule has 3 N–H and O–H groups in total. The molecule has 8 heteroatoms. The van der Waals surface area contributed by atoms with Gasteiger partial charge in [0.2, 0.25) is 15.9 Å². The standard InChI is InChI=1S/C18H22FN3O3S/c1-22(12-15-4-2-3-5-17(15)19)13-18(23)21-11-10-14-6-8-16(9-7-14)26(20,24)25/h2-9H,10-13H2,1H3,(H,21,23)(H2,20,24,25). The Morgan fingerprint density at radius 3 is 2.42 bits per heavy atom. The number of nitrogens with one attached hydrogen (secondary N) is 1. The molecule has 2 rings (SSSR count). The highest BCUT2D eigenvalue weighted by atomic mass is 32.2. The highest BCUT2D eigenvalue weighted by Gasteiger charge is 2.10. The molecule has 2 aromatic carbocycles. The van der Waals surface area contributed by atoms with Gasteiger partial charge in [0, 0.05) is 18.7 Å². The molecule has 0 aliphatic rings. The van der Waals surface area contributed by atoms with Crippen molar-refractivity contribution >= 4 is 15.9 Å². The second kappa shape index (κ2) is 8.88. The number of nitrogens with two attached hydrogens (primary N) is 1. The first-order chi connectivity index (χ1) is 12.3. The van der Waals surface area contributed by atoms with Crippen LogP contribution in [0.5, 0.6) is 0 Å². The molecule has 0 aliphatic carbocycles. The van der Waals surface area contributed by atoms with Crippen LogP contribution in [0.2, 0.25) is 0 Å². The van der Waals surface area contributed by atoms with Crippen LogP contribution in [-0.2, 0) is 27.8 Å². The molecule has 0 radical (unpaired) electrons. The van der Waals surface area contributed by atoms with Crippen molar-refractivity contribution in [2.24, 2.45) is 5.14 Å². The van der Waals surface area contributed by atoms with Crippen molar-refractivity contribution in [3.63, 3.8) is 0 Å². The number of primary sulfonamides is 1. The van der Waals surface area contributed by atoms with E-state index in [0.717, 1.165) is 5.56 Å². The lowest BCUT2D eigenvalue weighted by atomic mass is 10.1. The summed E-state index contributed by atoms with van der Waals surface area (Å²) in [6.45, 7) is 0.912. The van der Waals surface area contributed by atoms with Crippen molar-refractivity contribution in [1.82, 2.24) is 10.2 Å². The summed E-state index contributed by atoms with van der Waals surface area (Å²) in [6, 6.07) is 12.7. The van der Waals surface area contributed by atoms with Crippen LogP contribution in [0.1, 0.15) is 11.1 Å². The fourth-order valence-corrected chi connectivity index (χ4v) is 2.98. The molecule has 0 aromatic heterocycles. The van der Waals surface area contributed by atoms with E-state index in [1.54, 1.807) is 42.3 Å². The highest BCUT2D eigenvalue weighted by molar-refractivity contribution is 7.89. The fourth-order valence-electron chi connectivity index (χ4n) is 2.47. The van der Waals surface area contributed by atoms with E-state index in [9.17, 15) is 17.6 Å². The van der Waals surface area contributed by atoms with Crippen LogP contribution in [0.25, 0.3) is 0 Å². The summed E-state index contributed by atoms with van der Waals surface area (Å²) in [5, 5.41) is 7.83. The number of likely N-dealkylation sites (N-methyl/N-ethyl adjacent to an activating group) is 1. The summed E-state index contributed by atoms with van der Waals surface area (Å²) in [4.78, 5) is 13.7. The summed E-state index contributed by atoms with van der Waals surface area (Å²) >= 11 is 0. The number of rotatable bonds is 8. The number of amides is 1. The molecule has 0 heterocycles. The molecule has 0 fully saturated rings. The second-order valence-electron chi connectivity index (χ2n) is 6.05. The number of nitrogens with zero attached hydrogens (tertiary/aromatic N) is 1. The van der Waals surface area contributed by atoms with Crippen molar-refractivity contribution in [3.8, 4) is 0 Å². The first kappa shape index (κ1) is 20.0. The fraction of sp³-hybridized carbons (Fsp3) is 0.278. The van der Waals surface area contributed by atoms with Gasteiger partial charge in [-0.1, -0.05) is 30.3 Å². The zero-order valence-electron chi connectivity index (χ0n) is 14.5. The van der Waals surface area contributed by atoms with Crippen molar-refractivity contribution in [2.75, 3.05) is 20.1 Å². The zero-order valence-corrected chi connectivity index (χ0v) is 15.3. The predicted octanol–water partition coefficient (Wildman–Crippen LogP) is 1.26. The maximum absolute atomic E-state index is 13.6. The molecule has 140 valence electrons. The van der Waals surface area contributed by atoms with Gasteiger partial charge in [0.15, 0.2) is 0 Å². The van der Waals surface area contributed by atoms with E-state index in [4.69, 9.17) is 5.14 Å². The zero-order chi connectivity index (χ0) is 19.2. The topological polar surface area (TPSA) is 92.5 Å². The number of benzene rings is 2. The van der Waals surface area contributed by atoms with Gasteiger partial charge in [-0.25, -0.2) is 17.9 Å². The molecule has 0 saturated carbocycles. The molecule has 6 nitrogen and oxygen atoms in total. The lowest BCUT2D eigenvalue weighted by Gasteiger charge is -2.16. The number of halogens is 1. The van der Waals surface area contributed by atoms with Crippen LogP contribution in [-0.4, -0.2) is 39.4 Å². The van der Waals surface area contributed by atoms with Crippen LogP contribution in [0.15, 0.2) is 53.4 Å². The first-order valence-corrected chi connectivity index (χ1v) is 9.61. The Bertz CT molecular complexity index is 854. The second-order valence-corrected chi connectivity index (χ2v) is 7.61. The van der Waals surface area contributed by atoms with E-state index in [1.165, 1.54) is 18.2 Å². The average Bonchev–Trinajstić information content (AvgIpc) is 2.56. The first-order valence-electron chi connectivity index (χ1n) is 8.06. The predicted molar refractivity (Wildman–Crippen MR) is 97.3 cm³/mol. The van der Waals surface area contributed by atoms with Crippen LogP contribution in [0, 0.1) is 5.82 Å². The van der Waals surface area contributed by atoms with Gasteiger partial charge in [0.1, 0.15) is 5.82 Å². The quantitative estimate of drug-likeness (QED) is 0.722. The minimum absolute atomic E-state index is 0.0556. The van der Waals surface area contributed by atoms with E-state index in [0.29, 0.717) is 25.1 Å². The minimum Gasteiger partial charge on any atom is -0.355 e. The summed E-state index contributed by atoms with van der Waals surface area (Å²) in [5.74, 6) is -0.451. The van der Waals surface area contributed by atoms with Crippen LogP contribution in [0.4, 0.5) is 4.39 Å². The van der Waals surface area contributed by atoms with Crippen LogP contribution in [0.3, 0.4) is 0 Å². The van der Waals surface area contributed by atoms with Crippen molar-refractivity contribution in [2.45, 2.75) is 17.9 Å². The van der Waals surface area contributed by atoms with Crippen molar-refractivity contribution in [1.29, 1.82) is 0 Å². The maximum atomic E-state index is 13.6. The Morgan fingerprint density at radius 2 is 1.81 bits per heavy atom. The van der Waals surface area contributed by atoms with Gasteiger partial charge in [0.05, 0.1) is 11.4 Å². The number of hydrogen-bond donors (Lipinski definition) is 2. The van der Waals surface area contributed by atoms with E-state index >= 15 is 0 Å². The third-order valence-electron chi connectivity index (χ3n) is 3.80. The number of carbonyl (C=O) groups is 1. The smallest absolute Gasteiger partial charge is 0.238 e. The normalized spacial score (nSPS) is 11.5. The van der Waals surface area contributed by atoms with Gasteiger partial charge >= 0.3 is 0 Å². The van der Waals surface area contributed by atoms with Crippen LogP contribution >= 0.6 is 0 Å². The monoisotopic (exact) mass is 379 g/mol. The molecule has 0 saturated heterocycles. The number of hydrogen-bond acceptors (Lipinski definition) is 4. The van der Waals surface area contributed by atoms with E-state index < -0.39 is 10.0 Å². The summed E-state index contributed by atoms with van der Waals surface area (Å²) in [5.41, 5.74) is 1.43. The molecule has 1 amide bonds. The molecule has 26 heavy (non-hydrogen) atoms. The summed E-state index contributed by atoms with van der Waals surface area (Å²) < 4.78 is 36.0. The van der Waals surface area contributed by atoms with Gasteiger partial charge in [-0.3, -0.25) is 9.69 Å². The lowest BCUT2D eigenvalue weighted by molar-refractivity contribution is -0.122.